The van der Waals surface area contributed by atoms with E-state index in [0.29, 0.717) is 17.0 Å². The van der Waals surface area contributed by atoms with Gasteiger partial charge in [0.15, 0.2) is 0 Å². The molecule has 236 valence electrons. The lowest BCUT2D eigenvalue weighted by Crippen LogP contribution is -2.54. The lowest BCUT2D eigenvalue weighted by molar-refractivity contribution is -0.140. The third-order valence-corrected chi connectivity index (χ3v) is 10.1. The van der Waals surface area contributed by atoms with Crippen molar-refractivity contribution in [3.05, 3.63) is 129 Å². The van der Waals surface area contributed by atoms with Gasteiger partial charge in [0.1, 0.15) is 12.6 Å². The van der Waals surface area contributed by atoms with E-state index in [1.807, 2.05) is 44.2 Å². The number of hydrogen-bond donors (Lipinski definition) is 1. The van der Waals surface area contributed by atoms with Crippen LogP contribution < -0.4 is 9.62 Å². The lowest BCUT2D eigenvalue weighted by atomic mass is 10.0. The number of rotatable bonds is 13. The number of hydrogen-bond acceptors (Lipinski definition) is 4. The molecule has 0 radical (unpaired) electrons. The summed E-state index contributed by atoms with van der Waals surface area (Å²) in [6.07, 6.45) is 0.889. The molecule has 0 aliphatic heterocycles. The summed E-state index contributed by atoms with van der Waals surface area (Å²) in [5, 5.41) is 3.84. The number of anilines is 1. The molecule has 0 spiro atoms. The summed E-state index contributed by atoms with van der Waals surface area (Å²) in [5.74, 6) is -0.948. The Balaban J connectivity index is 1.82. The molecule has 0 saturated carbocycles. The Kier molecular flexibility index (Phi) is 11.9. The molecule has 4 rings (SSSR count). The predicted molar refractivity (Wildman–Crippen MR) is 181 cm³/mol. The van der Waals surface area contributed by atoms with E-state index in [2.05, 4.69) is 5.32 Å². The highest BCUT2D eigenvalue weighted by atomic mass is 35.5. The van der Waals surface area contributed by atoms with Crippen LogP contribution in [0.25, 0.3) is 0 Å². The van der Waals surface area contributed by atoms with Gasteiger partial charge in [0.2, 0.25) is 11.8 Å². The van der Waals surface area contributed by atoms with E-state index in [1.54, 1.807) is 42.5 Å². The summed E-state index contributed by atoms with van der Waals surface area (Å²) in [6, 6.07) is 27.4. The van der Waals surface area contributed by atoms with Gasteiger partial charge in [-0.2, -0.15) is 0 Å². The van der Waals surface area contributed by atoms with Gasteiger partial charge in [0, 0.05) is 24.0 Å². The minimum absolute atomic E-state index is 0.00538. The van der Waals surface area contributed by atoms with Crippen molar-refractivity contribution in [1.29, 1.82) is 0 Å². The van der Waals surface area contributed by atoms with Crippen molar-refractivity contribution in [1.82, 2.24) is 10.2 Å². The molecule has 0 unspecified atom stereocenters. The lowest BCUT2D eigenvalue weighted by Gasteiger charge is -2.34. The zero-order chi connectivity index (χ0) is 32.6. The van der Waals surface area contributed by atoms with Gasteiger partial charge >= 0.3 is 0 Å². The van der Waals surface area contributed by atoms with Crippen LogP contribution in [-0.4, -0.2) is 43.8 Å². The number of carbonyl (C=O) groups excluding carboxylic acids is 2. The van der Waals surface area contributed by atoms with Crippen molar-refractivity contribution in [3.8, 4) is 0 Å². The van der Waals surface area contributed by atoms with E-state index >= 15 is 0 Å². The highest BCUT2D eigenvalue weighted by Crippen LogP contribution is 2.31. The van der Waals surface area contributed by atoms with Gasteiger partial charge in [-0.05, 0) is 66.9 Å². The molecule has 4 aromatic rings. The van der Waals surface area contributed by atoms with E-state index in [-0.39, 0.29) is 45.5 Å². The summed E-state index contributed by atoms with van der Waals surface area (Å²) in [7, 11) is -4.26. The van der Waals surface area contributed by atoms with E-state index in [4.69, 9.17) is 34.8 Å². The van der Waals surface area contributed by atoms with Gasteiger partial charge in [-0.25, -0.2) is 8.42 Å². The van der Waals surface area contributed by atoms with Crippen molar-refractivity contribution < 1.29 is 18.0 Å². The molecule has 0 fully saturated rings. The fourth-order valence-electron chi connectivity index (χ4n) is 4.72. The fourth-order valence-corrected chi connectivity index (χ4v) is 6.65. The monoisotopic (exact) mass is 685 g/mol. The number of nitrogens with zero attached hydrogens (tertiary/aromatic N) is 2. The average Bonchev–Trinajstić information content (AvgIpc) is 3.03. The maximum atomic E-state index is 14.5. The van der Waals surface area contributed by atoms with Gasteiger partial charge in [-0.15, -0.1) is 0 Å². The van der Waals surface area contributed by atoms with Crippen molar-refractivity contribution in [2.24, 2.45) is 0 Å². The summed E-state index contributed by atoms with van der Waals surface area (Å²) >= 11 is 18.8. The van der Waals surface area contributed by atoms with E-state index in [0.717, 1.165) is 9.87 Å². The standard InChI is InChI=1S/C34H34Cl3N3O4S/c1-3-24(2)38-34(42)32(20-25-11-6-4-7-12-25)39(22-26-13-10-14-27(35)19-26)33(41)23-40(28-17-18-30(36)31(37)21-28)45(43,44)29-15-8-5-9-16-29/h4-19,21,24,32H,3,20,22-23H2,1-2H3,(H,38,42)/t24-,32+/m1/s1. The van der Waals surface area contributed by atoms with Crippen LogP contribution in [0.5, 0.6) is 0 Å². The van der Waals surface area contributed by atoms with Crippen LogP contribution in [0.2, 0.25) is 15.1 Å². The van der Waals surface area contributed by atoms with Crippen LogP contribution in [0.15, 0.2) is 108 Å². The van der Waals surface area contributed by atoms with E-state index < -0.39 is 28.5 Å². The van der Waals surface area contributed by atoms with E-state index in [9.17, 15) is 18.0 Å². The summed E-state index contributed by atoms with van der Waals surface area (Å²) in [4.78, 5) is 29.8. The molecular weight excluding hydrogens is 653 g/mol. The molecule has 0 aliphatic rings. The second kappa shape index (κ2) is 15.6. The number of amides is 2. The molecule has 7 nitrogen and oxygen atoms in total. The first-order valence-corrected chi connectivity index (χ1v) is 17.0. The minimum Gasteiger partial charge on any atom is -0.352 e. The van der Waals surface area contributed by atoms with Gasteiger partial charge < -0.3 is 10.2 Å². The first-order chi connectivity index (χ1) is 21.5. The molecule has 1 N–H and O–H groups in total. The number of carbonyl (C=O) groups is 2. The van der Waals surface area contributed by atoms with Crippen LogP contribution in [0.4, 0.5) is 5.69 Å². The first-order valence-electron chi connectivity index (χ1n) is 14.4. The van der Waals surface area contributed by atoms with Crippen LogP contribution >= 0.6 is 34.8 Å². The second-order valence-corrected chi connectivity index (χ2v) is 13.7. The summed E-state index contributed by atoms with van der Waals surface area (Å²) in [5.41, 5.74) is 1.66. The second-order valence-electron chi connectivity index (χ2n) is 10.6. The summed E-state index contributed by atoms with van der Waals surface area (Å²) in [6.45, 7) is 3.23. The maximum absolute atomic E-state index is 14.5. The number of nitrogens with one attached hydrogen (secondary N) is 1. The largest absolute Gasteiger partial charge is 0.352 e. The van der Waals surface area contributed by atoms with Crippen molar-refractivity contribution in [2.75, 3.05) is 10.8 Å². The zero-order valence-electron chi connectivity index (χ0n) is 24.9. The Morgan fingerprint density at radius 1 is 0.800 bits per heavy atom. The Labute approximate surface area is 279 Å². The SMILES string of the molecule is CC[C@@H](C)NC(=O)[C@H](Cc1ccccc1)N(Cc1cccc(Cl)c1)C(=O)CN(c1ccc(Cl)c(Cl)c1)S(=O)(=O)c1ccccc1. The number of halogens is 3. The highest BCUT2D eigenvalue weighted by Gasteiger charge is 2.35. The molecule has 45 heavy (non-hydrogen) atoms. The topological polar surface area (TPSA) is 86.8 Å². The van der Waals surface area contributed by atoms with Crippen LogP contribution in [-0.2, 0) is 32.6 Å². The van der Waals surface area contributed by atoms with Crippen molar-refractivity contribution >= 4 is 62.3 Å². The minimum atomic E-state index is -4.26. The van der Waals surface area contributed by atoms with E-state index in [1.165, 1.54) is 35.2 Å². The van der Waals surface area contributed by atoms with Crippen LogP contribution in [0.3, 0.4) is 0 Å². The molecule has 0 aliphatic carbocycles. The van der Waals surface area contributed by atoms with Crippen molar-refractivity contribution in [3.63, 3.8) is 0 Å². The normalized spacial score (nSPS) is 12.6. The molecule has 0 aromatic heterocycles. The highest BCUT2D eigenvalue weighted by molar-refractivity contribution is 7.92. The Hall–Kier alpha value is -3.56. The fraction of sp³-hybridized carbons (Fsp3) is 0.235. The zero-order valence-corrected chi connectivity index (χ0v) is 28.0. The molecule has 4 aromatic carbocycles. The average molecular weight is 687 g/mol. The third-order valence-electron chi connectivity index (χ3n) is 7.32. The van der Waals surface area contributed by atoms with Crippen LogP contribution in [0, 0.1) is 0 Å². The third kappa shape index (κ3) is 9.01. The Bertz CT molecular complexity index is 1720. The first kappa shape index (κ1) is 34.3. The van der Waals surface area contributed by atoms with Gasteiger partial charge in [-0.1, -0.05) is 102 Å². The molecule has 2 amide bonds. The number of sulfonamides is 1. The quantitative estimate of drug-likeness (QED) is 0.159. The van der Waals surface area contributed by atoms with Gasteiger partial charge in [-0.3, -0.25) is 13.9 Å². The number of benzene rings is 4. The molecule has 0 bridgehead atoms. The van der Waals surface area contributed by atoms with Gasteiger partial charge in [0.25, 0.3) is 10.0 Å². The van der Waals surface area contributed by atoms with Gasteiger partial charge in [0.05, 0.1) is 20.6 Å². The smallest absolute Gasteiger partial charge is 0.264 e. The molecule has 0 heterocycles. The molecule has 0 saturated heterocycles. The molecule has 2 atom stereocenters. The van der Waals surface area contributed by atoms with Crippen LogP contribution in [0.1, 0.15) is 31.4 Å². The Morgan fingerprint density at radius 3 is 2.07 bits per heavy atom. The van der Waals surface area contributed by atoms with Crippen molar-refractivity contribution in [2.45, 2.75) is 50.2 Å². The molecular formula is C34H34Cl3N3O4S. The predicted octanol–water partition coefficient (Wildman–Crippen LogP) is 7.40. The molecule has 11 heteroatoms. The summed E-state index contributed by atoms with van der Waals surface area (Å²) < 4.78 is 29.1. The Morgan fingerprint density at radius 2 is 1.44 bits per heavy atom. The maximum Gasteiger partial charge on any atom is 0.264 e.